The molecule has 1 fully saturated rings. The fourth-order valence-electron chi connectivity index (χ4n) is 2.56. The van der Waals surface area contributed by atoms with Gasteiger partial charge in [0, 0.05) is 13.1 Å². The molecule has 1 saturated heterocycles. The van der Waals surface area contributed by atoms with E-state index in [2.05, 4.69) is 41.5 Å². The summed E-state index contributed by atoms with van der Waals surface area (Å²) in [6.45, 7) is 2.27. The molecule has 17 heavy (non-hydrogen) atoms. The molecule has 0 N–H and O–H groups in total. The predicted molar refractivity (Wildman–Crippen MR) is 77.4 cm³/mol. The van der Waals surface area contributed by atoms with Gasteiger partial charge in [-0.1, -0.05) is 30.3 Å². The third-order valence-corrected chi connectivity index (χ3v) is 4.44. The van der Waals surface area contributed by atoms with Gasteiger partial charge < -0.3 is 4.90 Å². The molecule has 1 aromatic carbocycles. The van der Waals surface area contributed by atoms with Crippen LogP contribution in [0.15, 0.2) is 35.3 Å². The second-order valence-corrected chi connectivity index (χ2v) is 5.41. The van der Waals surface area contributed by atoms with Crippen LogP contribution in [0, 0.1) is 0 Å². The summed E-state index contributed by atoms with van der Waals surface area (Å²) in [4.78, 5) is 7.35. The van der Waals surface area contributed by atoms with Gasteiger partial charge in [0.15, 0.2) is 0 Å². The minimum absolute atomic E-state index is 0. The van der Waals surface area contributed by atoms with Crippen molar-refractivity contribution in [3.63, 3.8) is 0 Å². The Hall–Kier alpha value is -0.670. The first-order valence-electron chi connectivity index (χ1n) is 5.79. The first kappa shape index (κ1) is 12.8. The highest BCUT2D eigenvalue weighted by molar-refractivity contribution is 7.99. The Morgan fingerprint density at radius 2 is 2.06 bits per heavy atom. The van der Waals surface area contributed by atoms with Crippen molar-refractivity contribution in [1.82, 2.24) is 4.90 Å². The summed E-state index contributed by atoms with van der Waals surface area (Å²) in [5, 5.41) is 0.633. The highest BCUT2D eigenvalue weighted by atomic mass is 35.5. The molecule has 2 aliphatic heterocycles. The average molecular weight is 269 g/mol. The molecule has 3 rings (SSSR count). The van der Waals surface area contributed by atoms with Crippen molar-refractivity contribution in [1.29, 1.82) is 0 Å². The molecule has 92 valence electrons. The van der Waals surface area contributed by atoms with Crippen molar-refractivity contribution < 1.29 is 0 Å². The van der Waals surface area contributed by atoms with Crippen LogP contribution in [0.25, 0.3) is 0 Å². The van der Waals surface area contributed by atoms with E-state index < -0.39 is 0 Å². The van der Waals surface area contributed by atoms with E-state index in [4.69, 9.17) is 4.99 Å². The number of fused-ring (bicyclic) bond motifs is 1. The largest absolute Gasteiger partial charge is 0.357 e. The number of hydrogen-bond donors (Lipinski definition) is 0. The Morgan fingerprint density at radius 1 is 1.29 bits per heavy atom. The zero-order chi connectivity index (χ0) is 11.0. The van der Waals surface area contributed by atoms with Gasteiger partial charge in [0.25, 0.3) is 0 Å². The minimum atomic E-state index is 0. The average Bonchev–Trinajstić information content (AvgIpc) is 2.89. The number of amidine groups is 1. The molecule has 4 heteroatoms. The number of thioether (sulfide) groups is 1. The van der Waals surface area contributed by atoms with Crippen molar-refractivity contribution in [2.24, 2.45) is 4.99 Å². The van der Waals surface area contributed by atoms with E-state index in [1.807, 2.05) is 11.8 Å². The van der Waals surface area contributed by atoms with Crippen LogP contribution in [0.1, 0.15) is 18.0 Å². The summed E-state index contributed by atoms with van der Waals surface area (Å²) in [5.41, 5.74) is 1.35. The monoisotopic (exact) mass is 268 g/mol. The third-order valence-electron chi connectivity index (χ3n) is 3.42. The van der Waals surface area contributed by atoms with Crippen molar-refractivity contribution in [3.8, 4) is 0 Å². The van der Waals surface area contributed by atoms with Gasteiger partial charge in [-0.25, -0.2) is 0 Å². The van der Waals surface area contributed by atoms with Gasteiger partial charge in [-0.2, -0.15) is 11.8 Å². The molecular formula is C13H17ClN2S. The molecular weight excluding hydrogens is 252 g/mol. The van der Waals surface area contributed by atoms with Crippen LogP contribution in [0.5, 0.6) is 0 Å². The maximum absolute atomic E-state index is 4.89. The van der Waals surface area contributed by atoms with Crippen molar-refractivity contribution in [2.45, 2.75) is 17.7 Å². The number of benzene rings is 1. The first-order chi connectivity index (χ1) is 7.88. The second kappa shape index (κ2) is 5.32. The SMILES string of the molecule is CSC1CCN2CC(c3ccccc3)N=C12.Cl. The second-order valence-electron chi connectivity index (χ2n) is 4.37. The normalized spacial score (nSPS) is 26.4. The smallest absolute Gasteiger partial charge is 0.113 e. The van der Waals surface area contributed by atoms with E-state index in [-0.39, 0.29) is 12.4 Å². The number of halogens is 1. The maximum Gasteiger partial charge on any atom is 0.113 e. The van der Waals surface area contributed by atoms with Crippen LogP contribution in [-0.4, -0.2) is 35.3 Å². The van der Waals surface area contributed by atoms with Crippen LogP contribution in [0.3, 0.4) is 0 Å². The molecule has 0 bridgehead atoms. The molecule has 1 aromatic rings. The quantitative estimate of drug-likeness (QED) is 0.820. The molecule has 2 nitrogen and oxygen atoms in total. The lowest BCUT2D eigenvalue weighted by Crippen LogP contribution is -2.24. The zero-order valence-corrected chi connectivity index (χ0v) is 11.5. The Bertz CT molecular complexity index is 407. The predicted octanol–water partition coefficient (Wildman–Crippen LogP) is 3.00. The molecule has 2 atom stereocenters. The summed E-state index contributed by atoms with van der Waals surface area (Å²) in [5.74, 6) is 1.33. The van der Waals surface area contributed by atoms with Gasteiger partial charge in [-0.05, 0) is 18.2 Å². The summed E-state index contributed by atoms with van der Waals surface area (Å²) in [7, 11) is 0. The molecule has 0 aromatic heterocycles. The molecule has 0 spiro atoms. The lowest BCUT2D eigenvalue weighted by Gasteiger charge is -2.13. The van der Waals surface area contributed by atoms with E-state index in [0.29, 0.717) is 11.3 Å². The lowest BCUT2D eigenvalue weighted by atomic mass is 10.1. The molecule has 2 unspecified atom stereocenters. The molecule has 0 saturated carbocycles. The van der Waals surface area contributed by atoms with E-state index in [1.165, 1.54) is 24.4 Å². The summed E-state index contributed by atoms with van der Waals surface area (Å²) >= 11 is 1.93. The van der Waals surface area contributed by atoms with Gasteiger partial charge in [0.2, 0.25) is 0 Å². The fourth-order valence-corrected chi connectivity index (χ4v) is 3.32. The van der Waals surface area contributed by atoms with Crippen molar-refractivity contribution >= 4 is 30.0 Å². The maximum atomic E-state index is 4.89. The van der Waals surface area contributed by atoms with E-state index in [0.717, 1.165) is 6.54 Å². The highest BCUT2D eigenvalue weighted by Crippen LogP contribution is 2.33. The Labute approximate surface area is 113 Å². The minimum Gasteiger partial charge on any atom is -0.357 e. The third kappa shape index (κ3) is 2.31. The number of hydrogen-bond acceptors (Lipinski definition) is 3. The molecule has 0 radical (unpaired) electrons. The summed E-state index contributed by atoms with van der Waals surface area (Å²) < 4.78 is 0. The summed E-state index contributed by atoms with van der Waals surface area (Å²) in [6, 6.07) is 11.0. The van der Waals surface area contributed by atoms with Crippen LogP contribution in [0.4, 0.5) is 0 Å². The standard InChI is InChI=1S/C13H16N2S.ClH/c1-16-12-7-8-15-9-11(14-13(12)15)10-5-3-2-4-6-10;/h2-6,11-12H,7-9H2,1H3;1H. The fraction of sp³-hybridized carbons (Fsp3) is 0.462. The van der Waals surface area contributed by atoms with Gasteiger partial charge in [-0.3, -0.25) is 4.99 Å². The Morgan fingerprint density at radius 3 is 2.76 bits per heavy atom. The van der Waals surface area contributed by atoms with Gasteiger partial charge >= 0.3 is 0 Å². The van der Waals surface area contributed by atoms with Crippen molar-refractivity contribution in [3.05, 3.63) is 35.9 Å². The van der Waals surface area contributed by atoms with Crippen LogP contribution >= 0.6 is 24.2 Å². The molecule has 0 amide bonds. The van der Waals surface area contributed by atoms with Gasteiger partial charge in [0.05, 0.1) is 11.3 Å². The summed E-state index contributed by atoms with van der Waals surface area (Å²) in [6.07, 6.45) is 3.45. The Balaban J connectivity index is 0.00000108. The Kier molecular flexibility index (Phi) is 4.00. The topological polar surface area (TPSA) is 15.6 Å². The first-order valence-corrected chi connectivity index (χ1v) is 7.07. The number of nitrogens with zero attached hydrogens (tertiary/aromatic N) is 2. The zero-order valence-electron chi connectivity index (χ0n) is 9.87. The number of aliphatic imine (C=N–C) groups is 1. The van der Waals surface area contributed by atoms with E-state index in [1.54, 1.807) is 0 Å². The van der Waals surface area contributed by atoms with Crippen LogP contribution < -0.4 is 0 Å². The van der Waals surface area contributed by atoms with Gasteiger partial charge in [0.1, 0.15) is 5.84 Å². The van der Waals surface area contributed by atoms with Crippen LogP contribution in [-0.2, 0) is 0 Å². The highest BCUT2D eigenvalue weighted by Gasteiger charge is 2.35. The van der Waals surface area contributed by atoms with Gasteiger partial charge in [-0.15, -0.1) is 12.4 Å². The number of rotatable bonds is 2. The molecule has 2 aliphatic rings. The lowest BCUT2D eigenvalue weighted by molar-refractivity contribution is 0.454. The van der Waals surface area contributed by atoms with E-state index in [9.17, 15) is 0 Å². The molecule has 0 aliphatic carbocycles. The van der Waals surface area contributed by atoms with Crippen LogP contribution in [0.2, 0.25) is 0 Å². The van der Waals surface area contributed by atoms with E-state index >= 15 is 0 Å². The molecule has 2 heterocycles. The van der Waals surface area contributed by atoms with Crippen molar-refractivity contribution in [2.75, 3.05) is 19.3 Å².